The summed E-state index contributed by atoms with van der Waals surface area (Å²) in [6.07, 6.45) is 0. The molecule has 0 radical (unpaired) electrons. The van der Waals surface area contributed by atoms with Crippen LogP contribution in [0.2, 0.25) is 5.28 Å². The number of anilines is 4. The number of aromatic amines is 2. The summed E-state index contributed by atoms with van der Waals surface area (Å²) in [7, 11) is -19.5. The van der Waals surface area contributed by atoms with Gasteiger partial charge in [-0.3, -0.25) is 18.4 Å². The van der Waals surface area contributed by atoms with E-state index >= 15 is 0 Å². The summed E-state index contributed by atoms with van der Waals surface area (Å²) < 4.78 is 139. The van der Waals surface area contributed by atoms with Gasteiger partial charge in [0.1, 0.15) is 32.4 Å². The second kappa shape index (κ2) is 15.9. The van der Waals surface area contributed by atoms with Gasteiger partial charge < -0.3 is 21.0 Å². The van der Waals surface area contributed by atoms with Crippen LogP contribution in [0, 0.1) is 0 Å². The minimum absolute atomic E-state index is 0.0193. The van der Waals surface area contributed by atoms with Crippen LogP contribution in [-0.4, -0.2) is 102 Å². The molecule has 6 heterocycles. The van der Waals surface area contributed by atoms with Gasteiger partial charge in [-0.15, -0.1) is 0 Å². The van der Waals surface area contributed by atoms with Gasteiger partial charge in [0, 0.05) is 38.4 Å². The SMILES string of the molecule is Nc1nc(Cl)nc(Nc2cccc(NS(=O)(=O)c3cccc4c3-c3nc-4nc4[nH]c(nc5nc(nc6[nH]c(n3)c3c(S(=O)(=O)O)cccc63)-c3c-5cccc3S(=O)(=O)O)c3cc(S(=O)(=O)O)ccc43)c2)n1. The first-order valence-electron chi connectivity index (χ1n) is 19.9. The molecule has 356 valence electrons. The van der Waals surface area contributed by atoms with E-state index in [2.05, 4.69) is 54.9 Å². The molecule has 0 fully saturated rings. The number of nitrogens with one attached hydrogen (secondary N) is 4. The monoisotopic (exact) mass is 1050 g/mol. The number of nitrogens with two attached hydrogens (primary N) is 1. The van der Waals surface area contributed by atoms with E-state index in [9.17, 15) is 47.3 Å². The van der Waals surface area contributed by atoms with Gasteiger partial charge in [-0.2, -0.15) is 40.2 Å². The van der Waals surface area contributed by atoms with Crippen molar-refractivity contribution in [3.8, 4) is 45.6 Å². The summed E-state index contributed by atoms with van der Waals surface area (Å²) in [6, 6.07) is 21.2. The molecule has 2 aliphatic rings. The molecule has 5 aromatic carbocycles. The summed E-state index contributed by atoms with van der Waals surface area (Å²) in [6.45, 7) is 0. The van der Waals surface area contributed by atoms with E-state index in [-0.39, 0.29) is 113 Å². The minimum Gasteiger partial charge on any atom is -0.368 e. The van der Waals surface area contributed by atoms with Crippen LogP contribution < -0.4 is 15.8 Å². The van der Waals surface area contributed by atoms with E-state index in [0.717, 1.165) is 24.3 Å². The molecule has 0 saturated carbocycles. The first-order valence-corrected chi connectivity index (χ1v) is 26.1. The molecular formula is C41H25ClN14O11S4. The summed E-state index contributed by atoms with van der Waals surface area (Å²) in [5.74, 6) is -1.36. The zero-order valence-corrected chi connectivity index (χ0v) is 39.0. The number of fused-ring (bicyclic) bond motifs is 20. The molecular weight excluding hydrogens is 1030 g/mol. The van der Waals surface area contributed by atoms with Crippen molar-refractivity contribution in [1.29, 1.82) is 0 Å². The average Bonchev–Trinajstić information content (AvgIpc) is 4.03. The van der Waals surface area contributed by atoms with Crippen LogP contribution in [-0.2, 0) is 40.4 Å². The maximum Gasteiger partial charge on any atom is 0.295 e. The predicted molar refractivity (Wildman–Crippen MR) is 255 cm³/mol. The Bertz CT molecular complexity index is 4500. The highest BCUT2D eigenvalue weighted by Crippen LogP contribution is 2.42. The third-order valence-corrected chi connectivity index (χ3v) is 15.1. The van der Waals surface area contributed by atoms with Crippen LogP contribution >= 0.6 is 11.6 Å². The van der Waals surface area contributed by atoms with E-state index < -0.39 is 60.0 Å². The lowest BCUT2D eigenvalue weighted by molar-refractivity contribution is 0.481. The fraction of sp³-hybridized carbons (Fsp3) is 0. The Hall–Kier alpha value is -8.16. The quantitative estimate of drug-likeness (QED) is 0.0861. The molecule has 9 aromatic rings. The maximum atomic E-state index is 14.6. The summed E-state index contributed by atoms with van der Waals surface area (Å²) >= 11 is 5.93. The van der Waals surface area contributed by atoms with Crippen LogP contribution in [0.15, 0.2) is 117 Å². The van der Waals surface area contributed by atoms with Crippen molar-refractivity contribution < 1.29 is 47.3 Å². The van der Waals surface area contributed by atoms with Crippen LogP contribution in [0.25, 0.3) is 89.7 Å². The predicted octanol–water partition coefficient (Wildman–Crippen LogP) is 5.57. The third kappa shape index (κ3) is 8.05. The van der Waals surface area contributed by atoms with Crippen LogP contribution in [0.3, 0.4) is 0 Å². The molecule has 0 amide bonds. The summed E-state index contributed by atoms with van der Waals surface area (Å²) in [4.78, 5) is 43.2. The standard InChI is InChI=1S/C41H25ClN14O11S4/c42-39-53-40(43)55-41(54-39)44-17-5-1-6-18(15-17)56-68(57,58)25-10-2-7-21-28(25)36-48-32(21)45-31-20-14-13-19(69(59,60)61)16-24(20)35(46-31)47-33-22-8-3-11-26(70(62,63)64)29(22)37(49-33)50-34-23-9-4-12-27(71(65,66)67)30(23)38(51-34)52-36/h1-16,56H,(H,59,60,61)(H,62,63,64)(H,65,66,67)(H3,43,44,53,54,55)(H2,45,46,47,48,49,50,51,52). The number of benzene rings is 5. The number of sulfonamides is 1. The molecule has 0 spiro atoms. The maximum absolute atomic E-state index is 14.6. The normalized spacial score (nSPS) is 12.7. The van der Waals surface area contributed by atoms with Gasteiger partial charge in [-0.1, -0.05) is 42.5 Å². The lowest BCUT2D eigenvalue weighted by Crippen LogP contribution is -2.14. The molecule has 9 N–H and O–H groups in total. The second-order valence-electron chi connectivity index (χ2n) is 15.4. The van der Waals surface area contributed by atoms with Crippen LogP contribution in [0.4, 0.5) is 23.3 Å². The van der Waals surface area contributed by atoms with E-state index in [0.29, 0.717) is 5.69 Å². The van der Waals surface area contributed by atoms with Gasteiger partial charge in [0.05, 0.1) is 26.6 Å². The third-order valence-electron chi connectivity index (χ3n) is 10.9. The van der Waals surface area contributed by atoms with E-state index in [1.807, 2.05) is 0 Å². The second-order valence-corrected chi connectivity index (χ2v) is 21.6. The van der Waals surface area contributed by atoms with Gasteiger partial charge in [0.25, 0.3) is 40.4 Å². The van der Waals surface area contributed by atoms with Crippen molar-refractivity contribution in [1.82, 2.24) is 54.8 Å². The Morgan fingerprint density at radius 1 is 0.493 bits per heavy atom. The Morgan fingerprint density at radius 2 is 1.04 bits per heavy atom. The van der Waals surface area contributed by atoms with Crippen molar-refractivity contribution in [3.05, 3.63) is 102 Å². The lowest BCUT2D eigenvalue weighted by atomic mass is 10.1. The van der Waals surface area contributed by atoms with Crippen molar-refractivity contribution in [2.45, 2.75) is 19.6 Å². The smallest absolute Gasteiger partial charge is 0.295 e. The van der Waals surface area contributed by atoms with Crippen molar-refractivity contribution in [3.63, 3.8) is 0 Å². The first-order chi connectivity index (χ1) is 33.6. The first kappa shape index (κ1) is 45.3. The van der Waals surface area contributed by atoms with E-state index in [1.165, 1.54) is 66.7 Å². The van der Waals surface area contributed by atoms with Crippen molar-refractivity contribution >= 4 is 119 Å². The molecule has 0 atom stereocenters. The number of rotatable bonds is 8. The van der Waals surface area contributed by atoms with Crippen LogP contribution in [0.5, 0.6) is 0 Å². The molecule has 11 rings (SSSR count). The molecule has 4 aromatic heterocycles. The zero-order chi connectivity index (χ0) is 49.9. The molecule has 2 aliphatic heterocycles. The molecule has 0 unspecified atom stereocenters. The Labute approximate surface area is 402 Å². The molecule has 30 heteroatoms. The van der Waals surface area contributed by atoms with Gasteiger partial charge >= 0.3 is 0 Å². The van der Waals surface area contributed by atoms with E-state index in [4.69, 9.17) is 27.3 Å². The van der Waals surface area contributed by atoms with Gasteiger partial charge in [0.15, 0.2) is 23.3 Å². The fourth-order valence-corrected chi connectivity index (χ4v) is 11.4. The van der Waals surface area contributed by atoms with Crippen molar-refractivity contribution in [2.75, 3.05) is 15.8 Å². The Balaban J connectivity index is 1.22. The largest absolute Gasteiger partial charge is 0.368 e. The number of halogens is 1. The number of hydrogen-bond acceptors (Lipinski definition) is 19. The Morgan fingerprint density at radius 3 is 1.70 bits per heavy atom. The fourth-order valence-electron chi connectivity index (χ4n) is 8.06. The van der Waals surface area contributed by atoms with Crippen LogP contribution in [0.1, 0.15) is 0 Å². The van der Waals surface area contributed by atoms with Gasteiger partial charge in [-0.25, -0.2) is 38.3 Å². The Kier molecular flexibility index (Phi) is 10.2. The van der Waals surface area contributed by atoms with E-state index in [1.54, 1.807) is 6.07 Å². The highest BCUT2D eigenvalue weighted by molar-refractivity contribution is 7.93. The number of H-pyrrole nitrogens is 2. The summed E-state index contributed by atoms with van der Waals surface area (Å²) in [5.41, 5.74) is 5.01. The highest BCUT2D eigenvalue weighted by atomic mass is 35.5. The minimum atomic E-state index is -5.05. The molecule has 8 bridgehead atoms. The lowest BCUT2D eigenvalue weighted by Gasteiger charge is -2.13. The molecule has 25 nitrogen and oxygen atoms in total. The van der Waals surface area contributed by atoms with Crippen molar-refractivity contribution in [2.24, 2.45) is 0 Å². The topological polar surface area (TPSA) is 395 Å². The number of aromatic nitrogens is 11. The van der Waals surface area contributed by atoms with Gasteiger partial charge in [-0.05, 0) is 66.2 Å². The molecule has 71 heavy (non-hydrogen) atoms. The number of hydrogen-bond donors (Lipinski definition) is 8. The number of nitrogen functional groups attached to an aromatic ring is 1. The molecule has 0 aliphatic carbocycles. The zero-order valence-electron chi connectivity index (χ0n) is 35.0. The average molecular weight is 1050 g/mol. The molecule has 0 saturated heterocycles. The highest BCUT2D eigenvalue weighted by Gasteiger charge is 2.32. The summed E-state index contributed by atoms with van der Waals surface area (Å²) in [5, 5.41) is 2.63. The van der Waals surface area contributed by atoms with Gasteiger partial charge in [0.2, 0.25) is 17.2 Å². The number of nitrogens with zero attached hydrogens (tertiary/aromatic N) is 9.